The molecule has 0 bridgehead atoms. The maximum Gasteiger partial charge on any atom is 0.254 e. The molecule has 0 spiro atoms. The number of benzene rings is 2. The van der Waals surface area contributed by atoms with Crippen LogP contribution in [0.2, 0.25) is 0 Å². The van der Waals surface area contributed by atoms with E-state index in [1.807, 2.05) is 30.3 Å². The SMILES string of the molecule is CCCCOc1ccc(C(=O)N(CCOC)CC(=O)Nc2cc(C(C)(C)C)nn2-c2ccc(OC)cc2)cc1. The van der Waals surface area contributed by atoms with Gasteiger partial charge in [0, 0.05) is 30.7 Å². The maximum atomic E-state index is 13.3. The monoisotopic (exact) mass is 536 g/mol. The number of methoxy groups -OCH3 is 2. The highest BCUT2D eigenvalue weighted by molar-refractivity contribution is 5.99. The molecule has 2 amide bonds. The lowest BCUT2D eigenvalue weighted by atomic mass is 9.92. The molecule has 0 aliphatic heterocycles. The van der Waals surface area contributed by atoms with E-state index in [0.717, 1.165) is 30.0 Å². The van der Waals surface area contributed by atoms with Crippen LogP contribution in [-0.4, -0.2) is 67.0 Å². The quantitative estimate of drug-likeness (QED) is 0.306. The van der Waals surface area contributed by atoms with Gasteiger partial charge in [0.25, 0.3) is 5.91 Å². The molecule has 0 saturated carbocycles. The highest BCUT2D eigenvalue weighted by atomic mass is 16.5. The lowest BCUT2D eigenvalue weighted by Crippen LogP contribution is -2.40. The average molecular weight is 537 g/mol. The number of unbranched alkanes of at least 4 members (excludes halogenated alkanes) is 1. The molecule has 1 heterocycles. The van der Waals surface area contributed by atoms with Gasteiger partial charge in [-0.1, -0.05) is 34.1 Å². The number of hydrogen-bond donors (Lipinski definition) is 1. The third kappa shape index (κ3) is 8.32. The zero-order chi connectivity index (χ0) is 28.4. The van der Waals surface area contributed by atoms with Crippen molar-refractivity contribution < 1.29 is 23.8 Å². The van der Waals surface area contributed by atoms with E-state index in [1.54, 1.807) is 43.2 Å². The molecular formula is C30H40N4O5. The Balaban J connectivity index is 1.78. The summed E-state index contributed by atoms with van der Waals surface area (Å²) in [5.74, 6) is 1.35. The zero-order valence-electron chi connectivity index (χ0n) is 23.8. The Morgan fingerprint density at radius 3 is 2.23 bits per heavy atom. The second-order valence-electron chi connectivity index (χ2n) is 10.3. The first-order chi connectivity index (χ1) is 18.7. The molecule has 0 unspecified atom stereocenters. The summed E-state index contributed by atoms with van der Waals surface area (Å²) in [6, 6.07) is 16.3. The molecule has 0 fully saturated rings. The Hall–Kier alpha value is -3.85. The fraction of sp³-hybridized carbons (Fsp3) is 0.433. The highest BCUT2D eigenvalue weighted by Crippen LogP contribution is 2.27. The standard InChI is InChI=1S/C30H40N4O5/c1-7-8-18-39-25-13-9-22(10-14-25)29(36)33(17-19-37-5)21-28(35)31-27-20-26(30(2,3)4)32-34(27)23-11-15-24(38-6)16-12-23/h9-16,20H,7-8,17-19,21H2,1-6H3,(H,31,35). The highest BCUT2D eigenvalue weighted by Gasteiger charge is 2.23. The number of ether oxygens (including phenoxy) is 3. The number of aromatic nitrogens is 2. The molecule has 9 nitrogen and oxygen atoms in total. The van der Waals surface area contributed by atoms with Gasteiger partial charge in [-0.15, -0.1) is 0 Å². The summed E-state index contributed by atoms with van der Waals surface area (Å²) in [7, 11) is 3.17. The number of hydrogen-bond acceptors (Lipinski definition) is 6. The van der Waals surface area contributed by atoms with Crippen LogP contribution < -0.4 is 14.8 Å². The molecule has 1 aromatic heterocycles. The smallest absolute Gasteiger partial charge is 0.254 e. The van der Waals surface area contributed by atoms with Gasteiger partial charge in [0.15, 0.2) is 0 Å². The first-order valence-corrected chi connectivity index (χ1v) is 13.2. The van der Waals surface area contributed by atoms with Crippen molar-refractivity contribution in [1.82, 2.24) is 14.7 Å². The summed E-state index contributed by atoms with van der Waals surface area (Å²) in [6.45, 7) is 9.34. The third-order valence-electron chi connectivity index (χ3n) is 6.12. The molecule has 3 aromatic rings. The van der Waals surface area contributed by atoms with Crippen LogP contribution in [-0.2, 0) is 14.9 Å². The van der Waals surface area contributed by atoms with Gasteiger partial charge in [0.1, 0.15) is 23.9 Å². The summed E-state index contributed by atoms with van der Waals surface area (Å²) >= 11 is 0. The number of anilines is 1. The van der Waals surface area contributed by atoms with Gasteiger partial charge in [-0.05, 0) is 55.0 Å². The molecule has 2 aromatic carbocycles. The Labute approximate surface area is 231 Å². The number of rotatable bonds is 13. The number of nitrogens with one attached hydrogen (secondary N) is 1. The zero-order valence-corrected chi connectivity index (χ0v) is 23.8. The van der Waals surface area contributed by atoms with E-state index in [9.17, 15) is 9.59 Å². The molecule has 3 rings (SSSR count). The molecule has 0 aliphatic carbocycles. The minimum atomic E-state index is -0.339. The van der Waals surface area contributed by atoms with Gasteiger partial charge in [-0.25, -0.2) is 4.68 Å². The van der Waals surface area contributed by atoms with Crippen LogP contribution in [0, 0.1) is 0 Å². The van der Waals surface area contributed by atoms with Gasteiger partial charge in [0.05, 0.1) is 31.7 Å². The number of nitrogens with zero attached hydrogens (tertiary/aromatic N) is 3. The maximum absolute atomic E-state index is 13.3. The van der Waals surface area contributed by atoms with Gasteiger partial charge >= 0.3 is 0 Å². The van der Waals surface area contributed by atoms with Crippen molar-refractivity contribution >= 4 is 17.6 Å². The van der Waals surface area contributed by atoms with E-state index in [0.29, 0.717) is 30.3 Å². The van der Waals surface area contributed by atoms with Gasteiger partial charge in [0.2, 0.25) is 5.91 Å². The van der Waals surface area contributed by atoms with Crippen LogP contribution >= 0.6 is 0 Å². The van der Waals surface area contributed by atoms with E-state index in [1.165, 1.54) is 4.90 Å². The average Bonchev–Trinajstić information content (AvgIpc) is 3.35. The van der Waals surface area contributed by atoms with Crippen molar-refractivity contribution in [3.8, 4) is 17.2 Å². The Bertz CT molecular complexity index is 1210. The Kier molecular flexibility index (Phi) is 10.5. The van der Waals surface area contributed by atoms with E-state index < -0.39 is 0 Å². The molecule has 0 saturated heterocycles. The van der Waals surface area contributed by atoms with Crippen LogP contribution in [0.15, 0.2) is 54.6 Å². The largest absolute Gasteiger partial charge is 0.497 e. The third-order valence-corrected chi connectivity index (χ3v) is 6.12. The summed E-state index contributed by atoms with van der Waals surface area (Å²) in [5.41, 5.74) is 1.83. The minimum Gasteiger partial charge on any atom is -0.497 e. The first kappa shape index (κ1) is 29.7. The van der Waals surface area contributed by atoms with Gasteiger partial charge in [-0.2, -0.15) is 5.10 Å². The topological polar surface area (TPSA) is 94.9 Å². The van der Waals surface area contributed by atoms with Crippen LogP contribution in [0.25, 0.3) is 5.69 Å². The molecule has 1 N–H and O–H groups in total. The number of carbonyl (C=O) groups excluding carboxylic acids is 2. The second-order valence-corrected chi connectivity index (χ2v) is 10.3. The van der Waals surface area contributed by atoms with E-state index in [4.69, 9.17) is 19.3 Å². The van der Waals surface area contributed by atoms with E-state index in [2.05, 4.69) is 33.0 Å². The lowest BCUT2D eigenvalue weighted by Gasteiger charge is -2.22. The molecule has 9 heteroatoms. The van der Waals surface area contributed by atoms with Crippen molar-refractivity contribution in [2.24, 2.45) is 0 Å². The predicted octanol–water partition coefficient (Wildman–Crippen LogP) is 5.08. The van der Waals surface area contributed by atoms with Crippen molar-refractivity contribution in [3.05, 3.63) is 65.9 Å². The minimum absolute atomic E-state index is 0.143. The van der Waals surface area contributed by atoms with Crippen molar-refractivity contribution in [1.29, 1.82) is 0 Å². The molecule has 0 radical (unpaired) electrons. The molecule has 210 valence electrons. The summed E-state index contributed by atoms with van der Waals surface area (Å²) in [5, 5.41) is 7.71. The van der Waals surface area contributed by atoms with Gasteiger partial charge < -0.3 is 24.4 Å². The van der Waals surface area contributed by atoms with Crippen molar-refractivity contribution in [2.45, 2.75) is 46.0 Å². The molecule has 0 aliphatic rings. The van der Waals surface area contributed by atoms with Crippen LogP contribution in [0.3, 0.4) is 0 Å². The molecule has 0 atom stereocenters. The lowest BCUT2D eigenvalue weighted by molar-refractivity contribution is -0.117. The van der Waals surface area contributed by atoms with E-state index >= 15 is 0 Å². The van der Waals surface area contributed by atoms with E-state index in [-0.39, 0.29) is 30.3 Å². The van der Waals surface area contributed by atoms with Crippen LogP contribution in [0.4, 0.5) is 5.82 Å². The summed E-state index contributed by atoms with van der Waals surface area (Å²) in [4.78, 5) is 28.0. The van der Waals surface area contributed by atoms with Gasteiger partial charge in [-0.3, -0.25) is 9.59 Å². The summed E-state index contributed by atoms with van der Waals surface area (Å²) in [6.07, 6.45) is 2.01. The number of amides is 2. The first-order valence-electron chi connectivity index (χ1n) is 13.2. The van der Waals surface area contributed by atoms with Crippen molar-refractivity contribution in [3.63, 3.8) is 0 Å². The van der Waals surface area contributed by atoms with Crippen LogP contribution in [0.1, 0.15) is 56.6 Å². The Morgan fingerprint density at radius 1 is 0.974 bits per heavy atom. The van der Waals surface area contributed by atoms with Crippen LogP contribution in [0.5, 0.6) is 11.5 Å². The second kappa shape index (κ2) is 13.8. The fourth-order valence-corrected chi connectivity index (χ4v) is 3.78. The fourth-order valence-electron chi connectivity index (χ4n) is 3.78. The van der Waals surface area contributed by atoms with Crippen molar-refractivity contribution in [2.75, 3.05) is 45.8 Å². The number of carbonyl (C=O) groups is 2. The predicted molar refractivity (Wildman–Crippen MR) is 152 cm³/mol. The molecular weight excluding hydrogens is 496 g/mol. The molecule has 39 heavy (non-hydrogen) atoms. The Morgan fingerprint density at radius 2 is 1.64 bits per heavy atom. The normalized spacial score (nSPS) is 11.2. The summed E-state index contributed by atoms with van der Waals surface area (Å²) < 4.78 is 17.9.